The molecule has 0 radical (unpaired) electrons. The lowest BCUT2D eigenvalue weighted by molar-refractivity contribution is 0.0827. The van der Waals surface area contributed by atoms with E-state index in [1.54, 1.807) is 19.0 Å². The van der Waals surface area contributed by atoms with Gasteiger partial charge in [-0.3, -0.25) is 4.79 Å². The smallest absolute Gasteiger partial charge is 0.253 e. The third-order valence-corrected chi connectivity index (χ3v) is 4.65. The van der Waals surface area contributed by atoms with Crippen molar-refractivity contribution in [2.24, 2.45) is 0 Å². The summed E-state index contributed by atoms with van der Waals surface area (Å²) in [5.74, 6) is 0.807. The number of carbonyl (C=O) groups is 1. The number of ether oxygens (including phenoxy) is 1. The van der Waals surface area contributed by atoms with Crippen molar-refractivity contribution in [2.75, 3.05) is 14.1 Å². The van der Waals surface area contributed by atoms with E-state index in [2.05, 4.69) is 28.1 Å². The number of fused-ring (bicyclic) bond motifs is 1. The summed E-state index contributed by atoms with van der Waals surface area (Å²) in [7, 11) is 3.49. The van der Waals surface area contributed by atoms with Crippen molar-refractivity contribution in [3.05, 3.63) is 76.3 Å². The number of halogens is 1. The molecule has 1 amide bonds. The van der Waals surface area contributed by atoms with Gasteiger partial charge < -0.3 is 9.64 Å². The zero-order chi connectivity index (χ0) is 17.1. The Morgan fingerprint density at radius 3 is 2.42 bits per heavy atom. The summed E-state index contributed by atoms with van der Waals surface area (Å²) in [4.78, 5) is 13.5. The van der Waals surface area contributed by atoms with Gasteiger partial charge in [0.1, 0.15) is 12.4 Å². The molecule has 0 atom stereocenters. The van der Waals surface area contributed by atoms with Crippen LogP contribution < -0.4 is 4.74 Å². The molecule has 0 heterocycles. The second-order valence-electron chi connectivity index (χ2n) is 5.78. The van der Waals surface area contributed by atoms with Gasteiger partial charge in [-0.2, -0.15) is 0 Å². The van der Waals surface area contributed by atoms with E-state index >= 15 is 0 Å². The summed E-state index contributed by atoms with van der Waals surface area (Å²) in [5.41, 5.74) is 1.70. The van der Waals surface area contributed by atoms with Gasteiger partial charge in [0.25, 0.3) is 5.91 Å². The highest BCUT2D eigenvalue weighted by atomic mass is 79.9. The lowest BCUT2D eigenvalue weighted by Gasteiger charge is -2.12. The Morgan fingerprint density at radius 1 is 1.00 bits per heavy atom. The van der Waals surface area contributed by atoms with Crippen LogP contribution in [0.15, 0.2) is 65.1 Å². The molecule has 0 saturated heterocycles. The maximum absolute atomic E-state index is 11.9. The molecule has 0 N–H and O–H groups in total. The van der Waals surface area contributed by atoms with Crippen LogP contribution in [0, 0.1) is 0 Å². The number of benzene rings is 3. The molecule has 24 heavy (non-hydrogen) atoms. The number of nitrogens with zero attached hydrogens (tertiary/aromatic N) is 1. The van der Waals surface area contributed by atoms with Crippen LogP contribution in [0.25, 0.3) is 10.8 Å². The Labute approximate surface area is 150 Å². The minimum atomic E-state index is -0.000239. The predicted octanol–water partition coefficient (Wildman–Crippen LogP) is 4.88. The predicted molar refractivity (Wildman–Crippen MR) is 100 cm³/mol. The fraction of sp³-hybridized carbons (Fsp3) is 0.150. The minimum absolute atomic E-state index is 0.000239. The van der Waals surface area contributed by atoms with Crippen molar-refractivity contribution in [1.29, 1.82) is 0 Å². The van der Waals surface area contributed by atoms with Crippen LogP contribution in [0.4, 0.5) is 0 Å². The van der Waals surface area contributed by atoms with Gasteiger partial charge in [0, 0.05) is 19.7 Å². The molecule has 0 saturated carbocycles. The second-order valence-corrected chi connectivity index (χ2v) is 6.58. The van der Waals surface area contributed by atoms with Crippen LogP contribution in [-0.4, -0.2) is 24.9 Å². The first-order valence-electron chi connectivity index (χ1n) is 7.67. The van der Waals surface area contributed by atoms with E-state index in [4.69, 9.17) is 4.74 Å². The Kier molecular flexibility index (Phi) is 4.86. The first-order valence-corrected chi connectivity index (χ1v) is 8.46. The van der Waals surface area contributed by atoms with E-state index in [1.807, 2.05) is 48.5 Å². The molecule has 0 aliphatic carbocycles. The van der Waals surface area contributed by atoms with Gasteiger partial charge in [-0.1, -0.05) is 42.5 Å². The normalized spacial score (nSPS) is 10.6. The van der Waals surface area contributed by atoms with Gasteiger partial charge in [0.15, 0.2) is 0 Å². The van der Waals surface area contributed by atoms with Crippen LogP contribution in [0.5, 0.6) is 5.75 Å². The van der Waals surface area contributed by atoms with E-state index in [0.717, 1.165) is 21.2 Å². The summed E-state index contributed by atoms with van der Waals surface area (Å²) in [5, 5.41) is 2.30. The molecular weight excluding hydrogens is 366 g/mol. The highest BCUT2D eigenvalue weighted by Gasteiger charge is 2.09. The van der Waals surface area contributed by atoms with E-state index in [1.165, 1.54) is 5.39 Å². The molecule has 3 aromatic rings. The van der Waals surface area contributed by atoms with Crippen molar-refractivity contribution in [3.8, 4) is 5.75 Å². The fourth-order valence-corrected chi connectivity index (χ4v) is 3.10. The topological polar surface area (TPSA) is 29.5 Å². The lowest BCUT2D eigenvalue weighted by Crippen LogP contribution is -2.21. The van der Waals surface area contributed by atoms with Gasteiger partial charge in [-0.25, -0.2) is 0 Å². The van der Waals surface area contributed by atoms with Crippen molar-refractivity contribution >= 4 is 32.6 Å². The molecule has 0 aromatic heterocycles. The van der Waals surface area contributed by atoms with Crippen molar-refractivity contribution in [2.45, 2.75) is 6.61 Å². The number of carbonyl (C=O) groups excluding carboxylic acids is 1. The van der Waals surface area contributed by atoms with E-state index in [0.29, 0.717) is 12.2 Å². The monoisotopic (exact) mass is 383 g/mol. The maximum atomic E-state index is 11.9. The van der Waals surface area contributed by atoms with Crippen LogP contribution in [-0.2, 0) is 6.61 Å². The largest absolute Gasteiger partial charge is 0.488 e. The van der Waals surface area contributed by atoms with Gasteiger partial charge in [0.05, 0.1) is 4.47 Å². The van der Waals surface area contributed by atoms with Crippen LogP contribution in [0.2, 0.25) is 0 Å². The molecule has 122 valence electrons. The molecule has 3 nitrogen and oxygen atoms in total. The zero-order valence-corrected chi connectivity index (χ0v) is 15.2. The van der Waals surface area contributed by atoms with Gasteiger partial charge in [-0.15, -0.1) is 0 Å². The van der Waals surface area contributed by atoms with E-state index in [9.17, 15) is 4.79 Å². The van der Waals surface area contributed by atoms with Crippen LogP contribution in [0.1, 0.15) is 15.9 Å². The van der Waals surface area contributed by atoms with Crippen molar-refractivity contribution < 1.29 is 9.53 Å². The standard InChI is InChI=1S/C20H18BrNO2/c1-22(2)20(23)16-9-7-14(8-10-16)13-24-18-12-11-15-5-3-4-6-17(15)19(18)21/h3-12H,13H2,1-2H3. The quantitative estimate of drug-likeness (QED) is 0.642. The third kappa shape index (κ3) is 3.44. The fourth-order valence-electron chi connectivity index (χ4n) is 2.49. The molecular formula is C20H18BrNO2. The number of amides is 1. The van der Waals surface area contributed by atoms with Crippen molar-refractivity contribution in [1.82, 2.24) is 4.90 Å². The summed E-state index contributed by atoms with van der Waals surface area (Å²) in [6.07, 6.45) is 0. The molecule has 3 rings (SSSR count). The summed E-state index contributed by atoms with van der Waals surface area (Å²) in [6, 6.07) is 19.7. The first kappa shape index (κ1) is 16.5. The molecule has 3 aromatic carbocycles. The van der Waals surface area contributed by atoms with Crippen LogP contribution in [0.3, 0.4) is 0 Å². The summed E-state index contributed by atoms with van der Waals surface area (Å²) < 4.78 is 6.89. The highest BCUT2D eigenvalue weighted by molar-refractivity contribution is 9.10. The molecule has 0 aliphatic heterocycles. The highest BCUT2D eigenvalue weighted by Crippen LogP contribution is 2.33. The maximum Gasteiger partial charge on any atom is 0.253 e. The Hall–Kier alpha value is -2.33. The van der Waals surface area contributed by atoms with E-state index < -0.39 is 0 Å². The van der Waals surface area contributed by atoms with Crippen LogP contribution >= 0.6 is 15.9 Å². The van der Waals surface area contributed by atoms with Gasteiger partial charge >= 0.3 is 0 Å². The molecule has 0 bridgehead atoms. The molecule has 0 spiro atoms. The average Bonchev–Trinajstić information content (AvgIpc) is 2.61. The first-order chi connectivity index (χ1) is 11.6. The Morgan fingerprint density at radius 2 is 1.71 bits per heavy atom. The average molecular weight is 384 g/mol. The van der Waals surface area contributed by atoms with Gasteiger partial charge in [-0.05, 0) is 50.5 Å². The second kappa shape index (κ2) is 7.05. The number of hydrogen-bond donors (Lipinski definition) is 0. The summed E-state index contributed by atoms with van der Waals surface area (Å²) in [6.45, 7) is 0.452. The third-order valence-electron chi connectivity index (χ3n) is 3.83. The summed E-state index contributed by atoms with van der Waals surface area (Å²) >= 11 is 3.63. The van der Waals surface area contributed by atoms with Gasteiger partial charge in [0.2, 0.25) is 0 Å². The number of rotatable bonds is 4. The minimum Gasteiger partial charge on any atom is -0.488 e. The lowest BCUT2D eigenvalue weighted by atomic mass is 10.1. The molecule has 0 fully saturated rings. The molecule has 0 unspecified atom stereocenters. The number of hydrogen-bond acceptors (Lipinski definition) is 2. The zero-order valence-electron chi connectivity index (χ0n) is 13.6. The van der Waals surface area contributed by atoms with Crippen molar-refractivity contribution in [3.63, 3.8) is 0 Å². The Balaban J connectivity index is 1.74. The Bertz CT molecular complexity index is 872. The molecule has 0 aliphatic rings. The molecule has 4 heteroatoms. The SMILES string of the molecule is CN(C)C(=O)c1ccc(COc2ccc3ccccc3c2Br)cc1. The van der Waals surface area contributed by atoms with E-state index in [-0.39, 0.29) is 5.91 Å².